The average Bonchev–Trinajstić information content (AvgIpc) is 3.17. The Morgan fingerprint density at radius 3 is 2.61 bits per heavy atom. The van der Waals surface area contributed by atoms with Crippen LogP contribution in [0.5, 0.6) is 5.75 Å². The quantitative estimate of drug-likeness (QED) is 0.626. The Morgan fingerprint density at radius 2 is 2.00 bits per heavy atom. The van der Waals surface area contributed by atoms with Crippen molar-refractivity contribution in [2.45, 2.75) is 63.4 Å². The first-order valence-electron chi connectivity index (χ1n) is 10.6. The van der Waals surface area contributed by atoms with Crippen LogP contribution < -0.4 is 15.8 Å². The zero-order valence-corrected chi connectivity index (χ0v) is 18.4. The minimum absolute atomic E-state index is 0.0875. The molecule has 178 valence electrons. The van der Waals surface area contributed by atoms with Crippen molar-refractivity contribution in [2.75, 3.05) is 5.32 Å². The molecule has 1 aliphatic carbocycles. The molecule has 1 saturated carbocycles. The molecule has 4 N–H and O–H groups in total. The van der Waals surface area contributed by atoms with E-state index in [2.05, 4.69) is 10.3 Å². The van der Waals surface area contributed by atoms with E-state index < -0.39 is 29.2 Å². The van der Waals surface area contributed by atoms with Gasteiger partial charge in [-0.15, -0.1) is 0 Å². The molecule has 2 atom stereocenters. The number of halogens is 2. The number of nitrogens with one attached hydrogen (secondary N) is 1. The third kappa shape index (κ3) is 6.69. The van der Waals surface area contributed by atoms with Crippen LogP contribution in [-0.2, 0) is 9.53 Å². The largest absolute Gasteiger partial charge is 0.487 e. The number of carbonyl (C=O) groups excluding carboxylic acids is 2. The number of hydrogen-bond acceptors (Lipinski definition) is 6. The number of primary amides is 1. The molecular weight excluding hydrogens is 436 g/mol. The van der Waals surface area contributed by atoms with Crippen molar-refractivity contribution >= 4 is 17.5 Å². The number of amides is 2. The molecule has 4 rings (SSSR count). The second-order valence-electron chi connectivity index (χ2n) is 8.49. The molecule has 1 aromatic carbocycles. The van der Waals surface area contributed by atoms with Gasteiger partial charge in [0, 0.05) is 24.7 Å². The first-order chi connectivity index (χ1) is 15.5. The lowest BCUT2D eigenvalue weighted by Gasteiger charge is -2.40. The van der Waals surface area contributed by atoms with Gasteiger partial charge in [0.1, 0.15) is 17.9 Å². The van der Waals surface area contributed by atoms with E-state index in [4.69, 9.17) is 15.2 Å². The van der Waals surface area contributed by atoms with E-state index in [-0.39, 0.29) is 29.6 Å². The van der Waals surface area contributed by atoms with Crippen LogP contribution in [0.25, 0.3) is 0 Å². The molecule has 10 heteroatoms. The van der Waals surface area contributed by atoms with Gasteiger partial charge in [-0.1, -0.05) is 6.07 Å². The van der Waals surface area contributed by atoms with Crippen LogP contribution in [0.1, 0.15) is 50.0 Å². The number of rotatable bonds is 5. The first kappa shape index (κ1) is 24.5. The SMILES string of the molecule is CC1(O)CC(Oc2cccc(F)c2F)C1.CC1CCC(C(=O)Nc2ccnc(C(N)=O)c2)O1. The zero-order valence-electron chi connectivity index (χ0n) is 18.4. The molecule has 0 radical (unpaired) electrons. The van der Waals surface area contributed by atoms with E-state index in [9.17, 15) is 23.5 Å². The summed E-state index contributed by atoms with van der Waals surface area (Å²) in [5, 5.41) is 12.1. The van der Waals surface area contributed by atoms with Crippen LogP contribution in [0, 0.1) is 11.6 Å². The van der Waals surface area contributed by atoms with Crippen LogP contribution in [0.2, 0.25) is 0 Å². The predicted molar refractivity (Wildman–Crippen MR) is 116 cm³/mol. The number of nitrogens with two attached hydrogens (primary N) is 1. The monoisotopic (exact) mass is 463 g/mol. The molecular formula is C23H27F2N3O5. The highest BCUT2D eigenvalue weighted by molar-refractivity contribution is 5.96. The highest BCUT2D eigenvalue weighted by Crippen LogP contribution is 2.35. The van der Waals surface area contributed by atoms with Crippen molar-refractivity contribution in [1.29, 1.82) is 0 Å². The summed E-state index contributed by atoms with van der Waals surface area (Å²) >= 11 is 0. The van der Waals surface area contributed by atoms with Crippen LogP contribution in [-0.4, -0.2) is 45.8 Å². The van der Waals surface area contributed by atoms with E-state index in [0.29, 0.717) is 24.9 Å². The molecule has 1 aromatic heterocycles. The highest BCUT2D eigenvalue weighted by atomic mass is 19.2. The molecule has 8 nitrogen and oxygen atoms in total. The molecule has 2 heterocycles. The Hall–Kier alpha value is -3.11. The molecule has 1 saturated heterocycles. The Bertz CT molecular complexity index is 1010. The summed E-state index contributed by atoms with van der Waals surface area (Å²) < 4.78 is 36.6. The Labute approximate surface area is 190 Å². The maximum atomic E-state index is 13.2. The Morgan fingerprint density at radius 1 is 1.27 bits per heavy atom. The van der Waals surface area contributed by atoms with Crippen molar-refractivity contribution in [3.8, 4) is 5.75 Å². The number of anilines is 1. The topological polar surface area (TPSA) is 124 Å². The third-order valence-corrected chi connectivity index (χ3v) is 5.35. The fourth-order valence-corrected chi connectivity index (χ4v) is 3.62. The molecule has 0 spiro atoms. The summed E-state index contributed by atoms with van der Waals surface area (Å²) in [6, 6.07) is 6.86. The summed E-state index contributed by atoms with van der Waals surface area (Å²) in [4.78, 5) is 26.6. The minimum Gasteiger partial charge on any atom is -0.487 e. The zero-order chi connectivity index (χ0) is 24.2. The molecule has 2 fully saturated rings. The summed E-state index contributed by atoms with van der Waals surface area (Å²) in [5.74, 6) is -2.81. The van der Waals surface area contributed by atoms with E-state index in [1.165, 1.54) is 24.4 Å². The van der Waals surface area contributed by atoms with Crippen molar-refractivity contribution in [3.05, 3.63) is 53.9 Å². The van der Waals surface area contributed by atoms with Gasteiger partial charge in [0.15, 0.2) is 11.6 Å². The number of benzene rings is 1. The lowest BCUT2D eigenvalue weighted by atomic mass is 9.79. The van der Waals surface area contributed by atoms with Crippen LogP contribution >= 0.6 is 0 Å². The van der Waals surface area contributed by atoms with Crippen LogP contribution in [0.4, 0.5) is 14.5 Å². The number of pyridine rings is 1. The van der Waals surface area contributed by atoms with Crippen molar-refractivity contribution in [2.24, 2.45) is 5.73 Å². The van der Waals surface area contributed by atoms with Crippen LogP contribution in [0.15, 0.2) is 36.5 Å². The normalized spacial score (nSPS) is 25.9. The smallest absolute Gasteiger partial charge is 0.267 e. The number of carbonyl (C=O) groups is 2. The van der Waals surface area contributed by atoms with E-state index in [1.807, 2.05) is 6.92 Å². The van der Waals surface area contributed by atoms with Gasteiger partial charge in [0.25, 0.3) is 11.8 Å². The molecule has 33 heavy (non-hydrogen) atoms. The molecule has 1 aliphatic heterocycles. The van der Waals surface area contributed by atoms with Crippen molar-refractivity contribution in [1.82, 2.24) is 4.98 Å². The molecule has 2 amide bonds. The van der Waals surface area contributed by atoms with Crippen molar-refractivity contribution in [3.63, 3.8) is 0 Å². The third-order valence-electron chi connectivity index (χ3n) is 5.35. The second-order valence-corrected chi connectivity index (χ2v) is 8.49. The standard InChI is InChI=1S/C12H15N3O3.C11H12F2O2/c1-7-2-3-10(18-7)12(17)15-8-4-5-14-9(6-8)11(13)16;1-11(14)5-7(6-11)15-9-4-2-3-8(12)10(9)13/h4-7,10H,2-3H2,1H3,(H2,13,16)(H,14,15,17);2-4,7,14H,5-6H2,1H3. The Balaban J connectivity index is 0.000000189. The fourth-order valence-electron chi connectivity index (χ4n) is 3.62. The van der Waals surface area contributed by atoms with Gasteiger partial charge >= 0.3 is 0 Å². The van der Waals surface area contributed by atoms with Crippen LogP contribution in [0.3, 0.4) is 0 Å². The average molecular weight is 463 g/mol. The minimum atomic E-state index is -0.968. The summed E-state index contributed by atoms with van der Waals surface area (Å²) in [5.41, 5.74) is 5.00. The van der Waals surface area contributed by atoms with Crippen molar-refractivity contribution < 1.29 is 33.0 Å². The van der Waals surface area contributed by atoms with Gasteiger partial charge in [-0.05, 0) is 51.0 Å². The number of aromatic nitrogens is 1. The summed E-state index contributed by atoms with van der Waals surface area (Å²) in [6.45, 7) is 3.62. The highest BCUT2D eigenvalue weighted by Gasteiger charge is 2.40. The molecule has 2 aliphatic rings. The lowest BCUT2D eigenvalue weighted by Crippen LogP contribution is -2.47. The Kier molecular flexibility index (Phi) is 7.60. The summed E-state index contributed by atoms with van der Waals surface area (Å²) in [7, 11) is 0. The molecule has 2 unspecified atom stereocenters. The number of hydrogen-bond donors (Lipinski definition) is 3. The van der Waals surface area contributed by atoms with Gasteiger partial charge in [-0.25, -0.2) is 4.39 Å². The molecule has 2 aromatic rings. The fraction of sp³-hybridized carbons (Fsp3) is 0.435. The number of nitrogens with zero attached hydrogens (tertiary/aromatic N) is 1. The molecule has 0 bridgehead atoms. The maximum absolute atomic E-state index is 13.2. The lowest BCUT2D eigenvalue weighted by molar-refractivity contribution is -0.126. The van der Waals surface area contributed by atoms with Gasteiger partial charge in [0.2, 0.25) is 5.82 Å². The predicted octanol–water partition coefficient (Wildman–Crippen LogP) is 2.94. The number of ether oxygens (including phenoxy) is 2. The maximum Gasteiger partial charge on any atom is 0.267 e. The first-order valence-corrected chi connectivity index (χ1v) is 10.6. The number of aliphatic hydroxyl groups is 1. The van der Waals surface area contributed by atoms with E-state index in [0.717, 1.165) is 12.5 Å². The van der Waals surface area contributed by atoms with E-state index in [1.54, 1.807) is 13.0 Å². The van der Waals surface area contributed by atoms with Gasteiger partial charge in [-0.2, -0.15) is 4.39 Å². The summed E-state index contributed by atoms with van der Waals surface area (Å²) in [6.07, 6.45) is 3.36. The van der Waals surface area contributed by atoms with Gasteiger partial charge in [0.05, 0.1) is 11.7 Å². The second kappa shape index (κ2) is 10.2. The van der Waals surface area contributed by atoms with Gasteiger partial charge in [-0.3, -0.25) is 14.6 Å². The van der Waals surface area contributed by atoms with Gasteiger partial charge < -0.3 is 25.6 Å². The van der Waals surface area contributed by atoms with E-state index >= 15 is 0 Å².